The van der Waals surface area contributed by atoms with Gasteiger partial charge in [-0.3, -0.25) is 4.68 Å². The number of hydrogen-bond acceptors (Lipinski definition) is 5. The number of nitrogens with zero attached hydrogens (tertiary/aromatic N) is 4. The maximum Gasteiger partial charge on any atom is 0.291 e. The standard InChI is InChI=1S/C10H12Cl5N3O.HNO3/c11-7(12)10(14,15)3-9(19,8(13)1-2-8)4-18-6-16-5-17-18;2-1(3)4/h5-7,19H,1-4H2;(H,2,3,4). The molecule has 23 heavy (non-hydrogen) atoms. The molecule has 0 spiro atoms. The predicted molar refractivity (Wildman–Crippen MR) is 86.1 cm³/mol. The Balaban J connectivity index is 0.000000593. The molecule has 0 radical (unpaired) electrons. The minimum atomic E-state index is -1.50. The molecule has 1 unspecified atom stereocenters. The Bertz CT molecular complexity index is 521. The summed E-state index contributed by atoms with van der Waals surface area (Å²) in [5.74, 6) is 0. The summed E-state index contributed by atoms with van der Waals surface area (Å²) < 4.78 is -0.0211. The molecule has 132 valence electrons. The van der Waals surface area contributed by atoms with Gasteiger partial charge >= 0.3 is 0 Å². The third-order valence-corrected chi connectivity index (χ3v) is 5.89. The minimum absolute atomic E-state index is 0.0653. The van der Waals surface area contributed by atoms with Crippen molar-refractivity contribution in [3.63, 3.8) is 0 Å². The normalized spacial score (nSPS) is 18.7. The molecule has 1 atom stereocenters. The zero-order chi connectivity index (χ0) is 17.9. The van der Waals surface area contributed by atoms with E-state index >= 15 is 0 Å². The largest absolute Gasteiger partial charge is 0.386 e. The lowest BCUT2D eigenvalue weighted by atomic mass is 9.91. The Morgan fingerprint density at radius 1 is 1.43 bits per heavy atom. The van der Waals surface area contributed by atoms with Gasteiger partial charge in [-0.1, -0.05) is 23.2 Å². The van der Waals surface area contributed by atoms with Crippen LogP contribution in [0, 0.1) is 10.1 Å². The van der Waals surface area contributed by atoms with Crippen molar-refractivity contribution in [1.82, 2.24) is 14.8 Å². The van der Waals surface area contributed by atoms with Crippen LogP contribution in [0.4, 0.5) is 0 Å². The highest BCUT2D eigenvalue weighted by Gasteiger charge is 2.61. The topological polar surface area (TPSA) is 114 Å². The van der Waals surface area contributed by atoms with Gasteiger partial charge in [-0.25, -0.2) is 4.98 Å². The number of aliphatic hydroxyl groups is 1. The third-order valence-electron chi connectivity index (χ3n) is 3.26. The van der Waals surface area contributed by atoms with E-state index in [1.165, 1.54) is 17.3 Å². The van der Waals surface area contributed by atoms with E-state index in [0.717, 1.165) is 0 Å². The molecule has 0 bridgehead atoms. The van der Waals surface area contributed by atoms with Crippen LogP contribution in [0.3, 0.4) is 0 Å². The van der Waals surface area contributed by atoms with Gasteiger partial charge in [0.25, 0.3) is 5.09 Å². The zero-order valence-corrected chi connectivity index (χ0v) is 15.2. The Morgan fingerprint density at radius 3 is 2.30 bits per heavy atom. The molecule has 0 aliphatic heterocycles. The summed E-state index contributed by atoms with van der Waals surface area (Å²) in [7, 11) is 0. The number of rotatable bonds is 6. The molecule has 13 heteroatoms. The molecule has 2 rings (SSSR count). The molecule has 2 N–H and O–H groups in total. The van der Waals surface area contributed by atoms with Crippen molar-refractivity contribution in [3.05, 3.63) is 22.8 Å². The van der Waals surface area contributed by atoms with Gasteiger partial charge in [0, 0.05) is 6.42 Å². The van der Waals surface area contributed by atoms with Gasteiger partial charge in [0.05, 0.1) is 11.4 Å². The van der Waals surface area contributed by atoms with Crippen LogP contribution in [0.15, 0.2) is 12.7 Å². The molecular weight excluding hydrogens is 417 g/mol. The van der Waals surface area contributed by atoms with Crippen LogP contribution in [0.1, 0.15) is 19.3 Å². The Morgan fingerprint density at radius 2 is 1.96 bits per heavy atom. The molecule has 1 aliphatic carbocycles. The fourth-order valence-corrected chi connectivity index (χ4v) is 2.80. The van der Waals surface area contributed by atoms with Crippen LogP contribution in [-0.2, 0) is 6.54 Å². The molecule has 1 heterocycles. The van der Waals surface area contributed by atoms with Crippen molar-refractivity contribution in [2.45, 2.75) is 45.5 Å². The van der Waals surface area contributed by atoms with Gasteiger partial charge in [0.1, 0.15) is 23.1 Å². The molecule has 1 saturated carbocycles. The molecule has 1 aliphatic rings. The summed E-state index contributed by atoms with van der Waals surface area (Å²) in [6, 6.07) is 0. The average Bonchev–Trinajstić information content (AvgIpc) is 2.94. The number of hydrogen-bond donors (Lipinski definition) is 2. The van der Waals surface area contributed by atoms with E-state index < -0.39 is 24.7 Å². The van der Waals surface area contributed by atoms with Crippen molar-refractivity contribution in [1.29, 1.82) is 0 Å². The first-order chi connectivity index (χ1) is 10.4. The second kappa shape index (κ2) is 7.76. The zero-order valence-electron chi connectivity index (χ0n) is 11.5. The Labute approximate surface area is 156 Å². The first-order valence-electron chi connectivity index (χ1n) is 6.15. The second-order valence-electron chi connectivity index (χ2n) is 5.07. The number of halogens is 5. The smallest absolute Gasteiger partial charge is 0.291 e. The van der Waals surface area contributed by atoms with Crippen LogP contribution in [0.2, 0.25) is 0 Å². The molecule has 0 saturated heterocycles. The number of alkyl halides is 5. The van der Waals surface area contributed by atoms with Gasteiger partial charge in [-0.05, 0) is 12.8 Å². The predicted octanol–water partition coefficient (Wildman–Crippen LogP) is 2.80. The van der Waals surface area contributed by atoms with Gasteiger partial charge in [-0.2, -0.15) is 5.10 Å². The van der Waals surface area contributed by atoms with Crippen molar-refractivity contribution < 1.29 is 15.4 Å². The van der Waals surface area contributed by atoms with E-state index in [0.29, 0.717) is 12.8 Å². The summed E-state index contributed by atoms with van der Waals surface area (Å²) in [5.41, 5.74) is -1.37. The summed E-state index contributed by atoms with van der Waals surface area (Å²) in [5, 5.41) is 28.5. The molecule has 1 aromatic rings. The first-order valence-corrected chi connectivity index (χ1v) is 8.15. The highest BCUT2D eigenvalue weighted by molar-refractivity contribution is 6.59. The van der Waals surface area contributed by atoms with E-state index in [1.807, 2.05) is 0 Å². The lowest BCUT2D eigenvalue weighted by molar-refractivity contribution is -0.742. The van der Waals surface area contributed by atoms with Crippen LogP contribution in [0.25, 0.3) is 0 Å². The summed E-state index contributed by atoms with van der Waals surface area (Å²) in [6.45, 7) is 0.123. The molecule has 0 aromatic carbocycles. The molecule has 1 aromatic heterocycles. The van der Waals surface area contributed by atoms with Crippen LogP contribution >= 0.6 is 58.0 Å². The average molecular weight is 431 g/mol. The Hall–Kier alpha value is -0.250. The highest BCUT2D eigenvalue weighted by Crippen LogP contribution is 2.56. The highest BCUT2D eigenvalue weighted by atomic mass is 35.5. The lowest BCUT2D eigenvalue weighted by Gasteiger charge is -2.37. The van der Waals surface area contributed by atoms with E-state index in [-0.39, 0.29) is 13.0 Å². The van der Waals surface area contributed by atoms with Crippen LogP contribution < -0.4 is 0 Å². The van der Waals surface area contributed by atoms with Crippen molar-refractivity contribution in [3.8, 4) is 0 Å². The van der Waals surface area contributed by atoms with E-state index in [4.69, 9.17) is 73.3 Å². The molecule has 8 nitrogen and oxygen atoms in total. The van der Waals surface area contributed by atoms with Gasteiger partial charge in [0.15, 0.2) is 4.33 Å². The second-order valence-corrected chi connectivity index (χ2v) is 8.43. The molecular formula is C10H13Cl5N4O4. The number of aromatic nitrogens is 3. The maximum absolute atomic E-state index is 10.9. The van der Waals surface area contributed by atoms with Gasteiger partial charge in [-0.15, -0.1) is 44.9 Å². The monoisotopic (exact) mass is 428 g/mol. The third kappa shape index (κ3) is 5.95. The van der Waals surface area contributed by atoms with Crippen molar-refractivity contribution >= 4 is 58.0 Å². The van der Waals surface area contributed by atoms with E-state index in [1.54, 1.807) is 0 Å². The summed E-state index contributed by atoms with van der Waals surface area (Å²) in [4.78, 5) is 10.4. The lowest BCUT2D eigenvalue weighted by Crippen LogP contribution is -2.50. The molecule has 0 amide bonds. The van der Waals surface area contributed by atoms with Crippen LogP contribution in [-0.4, -0.2) is 49.8 Å². The maximum atomic E-state index is 10.9. The molecule has 1 fully saturated rings. The van der Waals surface area contributed by atoms with Gasteiger partial charge < -0.3 is 10.3 Å². The quantitative estimate of drug-likeness (QED) is 0.407. The van der Waals surface area contributed by atoms with Crippen molar-refractivity contribution in [2.24, 2.45) is 0 Å². The fraction of sp³-hybridized carbons (Fsp3) is 0.800. The van der Waals surface area contributed by atoms with Crippen LogP contribution in [0.5, 0.6) is 0 Å². The summed E-state index contributed by atoms with van der Waals surface area (Å²) >= 11 is 30.0. The van der Waals surface area contributed by atoms with Crippen molar-refractivity contribution in [2.75, 3.05) is 0 Å². The van der Waals surface area contributed by atoms with Gasteiger partial charge in [0.2, 0.25) is 0 Å². The first kappa shape index (κ1) is 20.8. The Kier molecular flexibility index (Phi) is 7.01. The summed E-state index contributed by atoms with van der Waals surface area (Å²) in [6.07, 6.45) is 4.12. The minimum Gasteiger partial charge on any atom is -0.386 e. The van der Waals surface area contributed by atoms with E-state index in [9.17, 15) is 5.11 Å². The van der Waals surface area contributed by atoms with E-state index in [2.05, 4.69) is 10.1 Å². The fourth-order valence-electron chi connectivity index (χ4n) is 1.98. The SMILES string of the molecule is O=[N+]([O-])O.OC(Cn1cncn1)(CC(Cl)(Cl)C(Cl)Cl)C1(Cl)CC1.